The van der Waals surface area contributed by atoms with Gasteiger partial charge < -0.3 is 14.8 Å². The number of carbonyl (C=O) groups excluding carboxylic acids is 2. The van der Waals surface area contributed by atoms with Gasteiger partial charge in [0.05, 0.1) is 18.8 Å². The summed E-state index contributed by atoms with van der Waals surface area (Å²) < 4.78 is 11.0. The molecule has 2 amide bonds. The van der Waals surface area contributed by atoms with Crippen molar-refractivity contribution in [2.24, 2.45) is 0 Å². The molecule has 0 atom stereocenters. The van der Waals surface area contributed by atoms with Crippen LogP contribution in [0, 0.1) is 0 Å². The molecule has 0 spiro atoms. The third-order valence-electron chi connectivity index (χ3n) is 4.36. The molecule has 0 aromatic heterocycles. The summed E-state index contributed by atoms with van der Waals surface area (Å²) in [5, 5.41) is 13.5. The fraction of sp³-hybridized carbons (Fsp3) is 0.167. The van der Waals surface area contributed by atoms with Gasteiger partial charge in [-0.15, -0.1) is 0 Å². The minimum Gasteiger partial charge on any atom is -0.494 e. The Labute approximate surface area is 180 Å². The number of hydroxylamine groups is 1. The van der Waals surface area contributed by atoms with E-state index in [1.165, 1.54) is 0 Å². The van der Waals surface area contributed by atoms with E-state index in [0.717, 1.165) is 0 Å². The number of benzene rings is 3. The van der Waals surface area contributed by atoms with Crippen molar-refractivity contribution in [3.63, 3.8) is 0 Å². The van der Waals surface area contributed by atoms with Crippen LogP contribution in [0.4, 0.5) is 5.69 Å². The first-order chi connectivity index (χ1) is 15.1. The van der Waals surface area contributed by atoms with Crippen LogP contribution in [0.1, 0.15) is 27.6 Å². The zero-order chi connectivity index (χ0) is 22.1. The van der Waals surface area contributed by atoms with Gasteiger partial charge in [0.2, 0.25) is 0 Å². The van der Waals surface area contributed by atoms with Gasteiger partial charge in [0, 0.05) is 11.1 Å². The van der Waals surface area contributed by atoms with E-state index in [1.807, 2.05) is 6.92 Å². The molecule has 2 N–H and O–H groups in total. The van der Waals surface area contributed by atoms with Crippen molar-refractivity contribution < 1.29 is 24.3 Å². The van der Waals surface area contributed by atoms with Crippen molar-refractivity contribution in [1.29, 1.82) is 0 Å². The first-order valence-electron chi connectivity index (χ1n) is 9.91. The van der Waals surface area contributed by atoms with E-state index < -0.39 is 5.91 Å². The Morgan fingerprint density at radius 2 is 1.61 bits per heavy atom. The van der Waals surface area contributed by atoms with Crippen LogP contribution in [0.15, 0.2) is 78.9 Å². The number of hydrogen-bond donors (Lipinski definition) is 2. The molecule has 0 aliphatic rings. The maximum absolute atomic E-state index is 12.4. The van der Waals surface area contributed by atoms with E-state index >= 15 is 0 Å². The molecule has 0 radical (unpaired) electrons. The molecule has 3 aromatic carbocycles. The monoisotopic (exact) mass is 420 g/mol. The first-order valence-corrected chi connectivity index (χ1v) is 9.91. The molecule has 0 fully saturated rings. The van der Waals surface area contributed by atoms with Crippen molar-refractivity contribution in [3.05, 3.63) is 90.0 Å². The molecular formula is C24H24N2O5. The fourth-order valence-electron chi connectivity index (χ4n) is 2.83. The second kappa shape index (κ2) is 10.8. The summed E-state index contributed by atoms with van der Waals surface area (Å²) in [6, 6.07) is 21.9. The zero-order valence-corrected chi connectivity index (χ0v) is 17.2. The van der Waals surface area contributed by atoms with Crippen LogP contribution in [0.3, 0.4) is 0 Å². The Bertz CT molecular complexity index is 1010. The molecule has 0 unspecified atom stereocenters. The van der Waals surface area contributed by atoms with E-state index in [9.17, 15) is 14.8 Å². The first kappa shape index (κ1) is 21.9. The van der Waals surface area contributed by atoms with Crippen molar-refractivity contribution in [3.8, 4) is 11.5 Å². The molecule has 0 aliphatic carbocycles. The second-order valence-electron chi connectivity index (χ2n) is 6.54. The average Bonchev–Trinajstić information content (AvgIpc) is 2.82. The van der Waals surface area contributed by atoms with Crippen LogP contribution >= 0.6 is 0 Å². The van der Waals surface area contributed by atoms with Gasteiger partial charge in [-0.2, -0.15) is 5.06 Å². The van der Waals surface area contributed by atoms with E-state index in [-0.39, 0.29) is 12.5 Å². The smallest absolute Gasteiger partial charge is 0.281 e. The van der Waals surface area contributed by atoms with Gasteiger partial charge >= 0.3 is 0 Å². The van der Waals surface area contributed by atoms with Crippen LogP contribution in [-0.2, 0) is 0 Å². The number of anilines is 1. The molecule has 0 aliphatic heterocycles. The molecule has 160 valence electrons. The highest BCUT2D eigenvalue weighted by Crippen LogP contribution is 2.17. The van der Waals surface area contributed by atoms with Crippen molar-refractivity contribution in [2.45, 2.75) is 6.92 Å². The standard InChI is InChI=1S/C24H24N2O5/c1-2-30-22-10-6-7-19(17-22)23(27)25-15-16-31-21-13-11-18(12-14-21)24(28)26(29)20-8-4-3-5-9-20/h3-14,17,29H,2,15-16H2,1H3,(H,25,27). The molecule has 7 heteroatoms. The number of rotatable bonds is 9. The normalized spacial score (nSPS) is 10.3. The lowest BCUT2D eigenvalue weighted by molar-refractivity contribution is 0.0854. The summed E-state index contributed by atoms with van der Waals surface area (Å²) >= 11 is 0. The second-order valence-corrected chi connectivity index (χ2v) is 6.54. The van der Waals surface area contributed by atoms with Crippen LogP contribution in [0.2, 0.25) is 0 Å². The Morgan fingerprint density at radius 1 is 0.871 bits per heavy atom. The van der Waals surface area contributed by atoms with Crippen molar-refractivity contribution >= 4 is 17.5 Å². The molecule has 0 heterocycles. The van der Waals surface area contributed by atoms with Gasteiger partial charge in [0.15, 0.2) is 0 Å². The number of nitrogens with zero attached hydrogens (tertiary/aromatic N) is 1. The predicted molar refractivity (Wildman–Crippen MR) is 117 cm³/mol. The minimum atomic E-state index is -0.542. The average molecular weight is 420 g/mol. The topological polar surface area (TPSA) is 88.1 Å². The largest absolute Gasteiger partial charge is 0.494 e. The Balaban J connectivity index is 1.47. The molecule has 7 nitrogen and oxygen atoms in total. The van der Waals surface area contributed by atoms with Gasteiger partial charge in [0.1, 0.15) is 18.1 Å². The summed E-state index contributed by atoms with van der Waals surface area (Å²) in [6.45, 7) is 3.00. The SMILES string of the molecule is CCOc1cccc(C(=O)NCCOc2ccc(C(=O)N(O)c3ccccc3)cc2)c1. The fourth-order valence-corrected chi connectivity index (χ4v) is 2.83. The molecule has 3 aromatic rings. The predicted octanol–water partition coefficient (Wildman–Crippen LogP) is 3.93. The van der Waals surface area contributed by atoms with Crippen molar-refractivity contribution in [1.82, 2.24) is 5.32 Å². The highest BCUT2D eigenvalue weighted by Gasteiger charge is 2.15. The molecular weight excluding hydrogens is 396 g/mol. The highest BCUT2D eigenvalue weighted by atomic mass is 16.5. The third-order valence-corrected chi connectivity index (χ3v) is 4.36. The van der Waals surface area contributed by atoms with Crippen LogP contribution in [-0.4, -0.2) is 36.8 Å². The van der Waals surface area contributed by atoms with E-state index in [0.29, 0.717) is 46.5 Å². The third kappa shape index (κ3) is 6.07. The summed E-state index contributed by atoms with van der Waals surface area (Å²) in [5.74, 6) is 0.442. The molecule has 0 saturated heterocycles. The van der Waals surface area contributed by atoms with Crippen molar-refractivity contribution in [2.75, 3.05) is 24.8 Å². The number of carbonyl (C=O) groups is 2. The lowest BCUT2D eigenvalue weighted by Crippen LogP contribution is -2.28. The molecule has 3 rings (SSSR count). The number of para-hydroxylation sites is 1. The summed E-state index contributed by atoms with van der Waals surface area (Å²) in [5.41, 5.74) is 1.22. The minimum absolute atomic E-state index is 0.213. The Morgan fingerprint density at radius 3 is 2.32 bits per heavy atom. The quantitative estimate of drug-likeness (QED) is 0.311. The van der Waals surface area contributed by atoms with Gasteiger partial charge in [-0.1, -0.05) is 24.3 Å². The van der Waals surface area contributed by atoms with Crippen LogP contribution in [0.25, 0.3) is 0 Å². The maximum Gasteiger partial charge on any atom is 0.281 e. The van der Waals surface area contributed by atoms with E-state index in [2.05, 4.69) is 5.32 Å². The van der Waals surface area contributed by atoms with Gasteiger partial charge in [-0.05, 0) is 61.5 Å². The van der Waals surface area contributed by atoms with Gasteiger partial charge in [0.25, 0.3) is 11.8 Å². The number of amides is 2. The van der Waals surface area contributed by atoms with E-state index in [1.54, 1.807) is 78.9 Å². The lowest BCUT2D eigenvalue weighted by Gasteiger charge is -2.15. The molecule has 31 heavy (non-hydrogen) atoms. The summed E-state index contributed by atoms with van der Waals surface area (Å²) in [6.07, 6.45) is 0. The molecule has 0 bridgehead atoms. The Hall–Kier alpha value is -3.84. The van der Waals surface area contributed by atoms with Crippen LogP contribution in [0.5, 0.6) is 11.5 Å². The number of hydrogen-bond acceptors (Lipinski definition) is 5. The number of nitrogens with one attached hydrogen (secondary N) is 1. The lowest BCUT2D eigenvalue weighted by atomic mass is 10.2. The number of ether oxygens (including phenoxy) is 2. The van der Waals surface area contributed by atoms with Gasteiger partial charge in [-0.3, -0.25) is 14.8 Å². The van der Waals surface area contributed by atoms with Gasteiger partial charge in [-0.25, -0.2) is 0 Å². The zero-order valence-electron chi connectivity index (χ0n) is 17.2. The summed E-state index contributed by atoms with van der Waals surface area (Å²) in [4.78, 5) is 24.6. The Kier molecular flexibility index (Phi) is 7.61. The van der Waals surface area contributed by atoms with Crippen LogP contribution < -0.4 is 19.9 Å². The highest BCUT2D eigenvalue weighted by molar-refractivity contribution is 6.04. The molecule has 0 saturated carbocycles. The maximum atomic E-state index is 12.4. The van der Waals surface area contributed by atoms with E-state index in [4.69, 9.17) is 9.47 Å². The summed E-state index contributed by atoms with van der Waals surface area (Å²) in [7, 11) is 0.